The SMILES string of the molecule is CC[C@H](NC(=O)c1ccc(Br)s1)c1ccc(C)cc1. The van der Waals surface area contributed by atoms with Gasteiger partial charge >= 0.3 is 0 Å². The minimum Gasteiger partial charge on any atom is -0.345 e. The number of nitrogens with one attached hydrogen (secondary N) is 1. The average molecular weight is 338 g/mol. The predicted molar refractivity (Wildman–Crippen MR) is 83.7 cm³/mol. The summed E-state index contributed by atoms with van der Waals surface area (Å²) in [5.74, 6) is -0.0110. The van der Waals surface area contributed by atoms with Gasteiger partial charge in [-0.3, -0.25) is 4.79 Å². The summed E-state index contributed by atoms with van der Waals surface area (Å²) < 4.78 is 0.973. The van der Waals surface area contributed by atoms with E-state index in [1.165, 1.54) is 16.9 Å². The Morgan fingerprint density at radius 3 is 2.47 bits per heavy atom. The fraction of sp³-hybridized carbons (Fsp3) is 0.267. The van der Waals surface area contributed by atoms with Crippen molar-refractivity contribution in [2.45, 2.75) is 26.3 Å². The van der Waals surface area contributed by atoms with Gasteiger partial charge in [-0.2, -0.15) is 0 Å². The normalized spacial score (nSPS) is 12.2. The van der Waals surface area contributed by atoms with Gasteiger partial charge in [0, 0.05) is 0 Å². The van der Waals surface area contributed by atoms with Gasteiger partial charge in [-0.25, -0.2) is 0 Å². The van der Waals surface area contributed by atoms with Gasteiger partial charge in [0.25, 0.3) is 5.91 Å². The Labute approximate surface area is 126 Å². The summed E-state index contributed by atoms with van der Waals surface area (Å²) in [5.41, 5.74) is 2.38. The average Bonchev–Trinajstić information content (AvgIpc) is 2.84. The maximum absolute atomic E-state index is 12.1. The van der Waals surface area contributed by atoms with Crippen LogP contribution in [0.5, 0.6) is 0 Å². The molecule has 19 heavy (non-hydrogen) atoms. The van der Waals surface area contributed by atoms with Gasteiger partial charge in [0.1, 0.15) is 0 Å². The molecule has 1 aromatic carbocycles. The predicted octanol–water partition coefficient (Wildman–Crippen LogP) is 4.70. The first-order valence-electron chi connectivity index (χ1n) is 6.23. The van der Waals surface area contributed by atoms with Crippen molar-refractivity contribution in [1.29, 1.82) is 0 Å². The molecule has 1 atom stereocenters. The lowest BCUT2D eigenvalue weighted by Crippen LogP contribution is -2.27. The largest absolute Gasteiger partial charge is 0.345 e. The van der Waals surface area contributed by atoms with Crippen LogP contribution < -0.4 is 5.32 Å². The van der Waals surface area contributed by atoms with Gasteiger partial charge in [0.05, 0.1) is 14.7 Å². The Hall–Kier alpha value is -1.13. The highest BCUT2D eigenvalue weighted by Crippen LogP contribution is 2.23. The van der Waals surface area contributed by atoms with Crippen LogP contribution >= 0.6 is 27.3 Å². The van der Waals surface area contributed by atoms with E-state index in [4.69, 9.17) is 0 Å². The molecule has 0 aliphatic carbocycles. The van der Waals surface area contributed by atoms with E-state index in [0.29, 0.717) is 0 Å². The van der Waals surface area contributed by atoms with E-state index >= 15 is 0 Å². The zero-order chi connectivity index (χ0) is 13.8. The fourth-order valence-electron chi connectivity index (χ4n) is 1.89. The maximum atomic E-state index is 12.1. The third kappa shape index (κ3) is 3.67. The topological polar surface area (TPSA) is 29.1 Å². The first-order chi connectivity index (χ1) is 9.10. The first kappa shape index (κ1) is 14.3. The van der Waals surface area contributed by atoms with Gasteiger partial charge < -0.3 is 5.32 Å². The number of amides is 1. The third-order valence-electron chi connectivity index (χ3n) is 2.99. The number of hydrogen-bond donors (Lipinski definition) is 1. The molecule has 0 aliphatic heterocycles. The van der Waals surface area contributed by atoms with Crippen LogP contribution in [0.2, 0.25) is 0 Å². The monoisotopic (exact) mass is 337 g/mol. The molecular formula is C15H16BrNOS. The molecule has 1 amide bonds. The summed E-state index contributed by atoms with van der Waals surface area (Å²) in [6.45, 7) is 4.14. The second kappa shape index (κ2) is 6.35. The Morgan fingerprint density at radius 1 is 1.26 bits per heavy atom. The van der Waals surface area contributed by atoms with Crippen molar-refractivity contribution in [2.75, 3.05) is 0 Å². The van der Waals surface area contributed by atoms with Crippen LogP contribution in [0.25, 0.3) is 0 Å². The standard InChI is InChI=1S/C15H16BrNOS/c1-3-12(11-6-4-10(2)5-7-11)17-15(18)13-8-9-14(16)19-13/h4-9,12H,3H2,1-2H3,(H,17,18)/t12-/m0/s1. The smallest absolute Gasteiger partial charge is 0.261 e. The van der Waals surface area contributed by atoms with E-state index < -0.39 is 0 Å². The molecule has 0 unspecified atom stereocenters. The van der Waals surface area contributed by atoms with Crippen LogP contribution in [0.4, 0.5) is 0 Å². The van der Waals surface area contributed by atoms with Gasteiger partial charge in [0.15, 0.2) is 0 Å². The summed E-state index contributed by atoms with van der Waals surface area (Å²) in [4.78, 5) is 12.9. The molecular weight excluding hydrogens is 322 g/mol. The molecule has 1 heterocycles. The second-order valence-electron chi connectivity index (χ2n) is 4.45. The van der Waals surface area contributed by atoms with Crippen molar-refractivity contribution in [3.8, 4) is 0 Å². The van der Waals surface area contributed by atoms with Crippen molar-refractivity contribution in [3.05, 3.63) is 56.2 Å². The van der Waals surface area contributed by atoms with Crippen LogP contribution in [0, 0.1) is 6.92 Å². The molecule has 2 rings (SSSR count). The summed E-state index contributed by atoms with van der Waals surface area (Å²) in [7, 11) is 0. The van der Waals surface area contributed by atoms with E-state index in [1.54, 1.807) is 0 Å². The van der Waals surface area contributed by atoms with Crippen molar-refractivity contribution in [2.24, 2.45) is 0 Å². The lowest BCUT2D eigenvalue weighted by atomic mass is 10.0. The van der Waals surface area contributed by atoms with E-state index in [2.05, 4.69) is 59.4 Å². The van der Waals surface area contributed by atoms with E-state index in [0.717, 1.165) is 20.6 Å². The van der Waals surface area contributed by atoms with Crippen LogP contribution in [0.3, 0.4) is 0 Å². The molecule has 0 fully saturated rings. The second-order valence-corrected chi connectivity index (χ2v) is 6.91. The van der Waals surface area contributed by atoms with Crippen molar-refractivity contribution >= 4 is 33.2 Å². The molecule has 0 radical (unpaired) electrons. The fourth-order valence-corrected chi connectivity index (χ4v) is 3.17. The molecule has 2 nitrogen and oxygen atoms in total. The van der Waals surface area contributed by atoms with E-state index in [1.807, 2.05) is 12.1 Å². The Bertz CT molecular complexity index is 562. The maximum Gasteiger partial charge on any atom is 0.261 e. The van der Waals surface area contributed by atoms with Crippen LogP contribution in [0.1, 0.15) is 40.2 Å². The van der Waals surface area contributed by atoms with Crippen LogP contribution in [-0.4, -0.2) is 5.91 Å². The number of rotatable bonds is 4. The highest BCUT2D eigenvalue weighted by molar-refractivity contribution is 9.11. The Morgan fingerprint density at radius 2 is 1.95 bits per heavy atom. The van der Waals surface area contributed by atoms with Crippen LogP contribution in [0.15, 0.2) is 40.2 Å². The van der Waals surface area contributed by atoms with E-state index in [-0.39, 0.29) is 11.9 Å². The Kier molecular flexibility index (Phi) is 4.77. The molecule has 1 aromatic heterocycles. The summed E-state index contributed by atoms with van der Waals surface area (Å²) >= 11 is 4.83. The summed E-state index contributed by atoms with van der Waals surface area (Å²) in [6, 6.07) is 12.1. The number of benzene rings is 1. The van der Waals surface area contributed by atoms with Gasteiger partial charge in [-0.05, 0) is 47.0 Å². The zero-order valence-electron chi connectivity index (χ0n) is 10.9. The lowest BCUT2D eigenvalue weighted by molar-refractivity contribution is 0.0939. The number of carbonyl (C=O) groups is 1. The summed E-state index contributed by atoms with van der Waals surface area (Å²) in [5, 5.41) is 3.08. The molecule has 1 N–H and O–H groups in total. The highest BCUT2D eigenvalue weighted by Gasteiger charge is 2.15. The number of halogens is 1. The number of thiophene rings is 1. The summed E-state index contributed by atoms with van der Waals surface area (Å²) in [6.07, 6.45) is 0.876. The minimum atomic E-state index is -0.0110. The molecule has 4 heteroatoms. The molecule has 2 aromatic rings. The third-order valence-corrected chi connectivity index (χ3v) is 4.61. The van der Waals surface area contributed by atoms with Gasteiger partial charge in [0.2, 0.25) is 0 Å². The number of hydrogen-bond acceptors (Lipinski definition) is 2. The van der Waals surface area contributed by atoms with Crippen molar-refractivity contribution < 1.29 is 4.79 Å². The Balaban J connectivity index is 2.11. The quantitative estimate of drug-likeness (QED) is 0.860. The van der Waals surface area contributed by atoms with Crippen molar-refractivity contribution in [3.63, 3.8) is 0 Å². The van der Waals surface area contributed by atoms with Gasteiger partial charge in [-0.1, -0.05) is 36.8 Å². The molecule has 0 saturated carbocycles. The van der Waals surface area contributed by atoms with Gasteiger partial charge in [-0.15, -0.1) is 11.3 Å². The van der Waals surface area contributed by atoms with Crippen molar-refractivity contribution in [1.82, 2.24) is 5.32 Å². The van der Waals surface area contributed by atoms with E-state index in [9.17, 15) is 4.79 Å². The molecule has 100 valence electrons. The molecule has 0 spiro atoms. The zero-order valence-corrected chi connectivity index (χ0v) is 13.3. The first-order valence-corrected chi connectivity index (χ1v) is 7.84. The minimum absolute atomic E-state index is 0.0110. The van der Waals surface area contributed by atoms with Crippen LogP contribution in [-0.2, 0) is 0 Å². The molecule has 0 saturated heterocycles. The molecule has 0 bridgehead atoms. The lowest BCUT2D eigenvalue weighted by Gasteiger charge is -2.17. The molecule has 0 aliphatic rings. The number of carbonyl (C=O) groups excluding carboxylic acids is 1. The number of aryl methyl sites for hydroxylation is 1. The highest BCUT2D eigenvalue weighted by atomic mass is 79.9.